The van der Waals surface area contributed by atoms with Crippen LogP contribution in [0.1, 0.15) is 24.2 Å². The molecule has 0 unspecified atom stereocenters. The predicted octanol–water partition coefficient (Wildman–Crippen LogP) is 4.51. The van der Waals surface area contributed by atoms with E-state index in [1.807, 2.05) is 75.7 Å². The van der Waals surface area contributed by atoms with E-state index in [9.17, 15) is 9.59 Å². The summed E-state index contributed by atoms with van der Waals surface area (Å²) in [6.45, 7) is 4.93. The topological polar surface area (TPSA) is 139 Å². The molecule has 0 bridgehead atoms. The Balaban J connectivity index is 1.74. The van der Waals surface area contributed by atoms with E-state index in [0.29, 0.717) is 22.8 Å². The highest BCUT2D eigenvalue weighted by atomic mass is 16.5. The zero-order valence-electron chi connectivity index (χ0n) is 26.1. The van der Waals surface area contributed by atoms with Crippen molar-refractivity contribution in [2.24, 2.45) is 7.05 Å². The summed E-state index contributed by atoms with van der Waals surface area (Å²) in [5.41, 5.74) is 4.33. The molecular weight excluding hydrogens is 562 g/mol. The monoisotopic (exact) mass is 601 g/mol. The second-order valence-corrected chi connectivity index (χ2v) is 10.3. The third kappa shape index (κ3) is 7.81. The maximum atomic E-state index is 12.9. The number of esters is 1. The van der Waals surface area contributed by atoms with E-state index in [0.717, 1.165) is 30.0 Å². The summed E-state index contributed by atoms with van der Waals surface area (Å²) in [5, 5.41) is 13.9. The van der Waals surface area contributed by atoms with Crippen molar-refractivity contribution in [1.82, 2.24) is 24.6 Å². The molecule has 13 heteroatoms. The first-order valence-corrected chi connectivity index (χ1v) is 14.1. The van der Waals surface area contributed by atoms with Gasteiger partial charge in [-0.3, -0.25) is 9.48 Å². The van der Waals surface area contributed by atoms with E-state index in [1.54, 1.807) is 24.8 Å². The molecule has 4 rings (SSSR count). The number of para-hydroxylation sites is 1. The SMILES string of the molecule is CCOC(=O)c1cnc(Nc2cc(NC(C)=O)c(N(C)CCN(C)C)cc2OC)nc1Nc1ccccc1-c1ccn(C)n1. The molecule has 0 spiro atoms. The minimum atomic E-state index is -0.562. The highest BCUT2D eigenvalue weighted by Crippen LogP contribution is 2.38. The molecule has 0 saturated heterocycles. The summed E-state index contributed by atoms with van der Waals surface area (Å²) in [5.74, 6) is 0.171. The van der Waals surface area contributed by atoms with Crippen LogP contribution in [0.2, 0.25) is 0 Å². The molecule has 2 aromatic heterocycles. The Bertz CT molecular complexity index is 1620. The van der Waals surface area contributed by atoms with Crippen molar-refractivity contribution in [3.05, 3.63) is 60.4 Å². The number of likely N-dealkylation sites (N-methyl/N-ethyl adjacent to an activating group) is 2. The number of nitrogens with zero attached hydrogens (tertiary/aromatic N) is 6. The standard InChI is InChI=1S/C31H39N9O4/c1-8-44-30(42)22-19-32-31(36-29(22)34-23-12-10-9-11-21(23)24-13-14-40(6)37-24)35-26-17-25(33-20(2)41)27(18-28(26)43-7)39(5)16-15-38(3)4/h9-14,17-19H,8,15-16H2,1-7H3,(H,33,41)(H2,32,34,35,36). The predicted molar refractivity (Wildman–Crippen MR) is 172 cm³/mol. The lowest BCUT2D eigenvalue weighted by atomic mass is 10.1. The van der Waals surface area contributed by atoms with Crippen molar-refractivity contribution in [2.45, 2.75) is 13.8 Å². The number of ether oxygens (including phenoxy) is 2. The quantitative estimate of drug-likeness (QED) is 0.187. The van der Waals surface area contributed by atoms with Crippen LogP contribution in [0.15, 0.2) is 54.9 Å². The number of hydrogen-bond donors (Lipinski definition) is 3. The first-order chi connectivity index (χ1) is 21.1. The van der Waals surface area contributed by atoms with Crippen molar-refractivity contribution in [3.63, 3.8) is 0 Å². The molecule has 0 fully saturated rings. The second-order valence-electron chi connectivity index (χ2n) is 10.3. The van der Waals surface area contributed by atoms with Crippen LogP contribution in [0.3, 0.4) is 0 Å². The number of carbonyl (C=O) groups is 2. The van der Waals surface area contributed by atoms with Gasteiger partial charge in [0.1, 0.15) is 11.3 Å². The molecule has 0 radical (unpaired) electrons. The summed E-state index contributed by atoms with van der Waals surface area (Å²) >= 11 is 0. The van der Waals surface area contributed by atoms with Gasteiger partial charge in [-0.1, -0.05) is 18.2 Å². The van der Waals surface area contributed by atoms with Gasteiger partial charge in [-0.25, -0.2) is 9.78 Å². The Hall–Kier alpha value is -5.17. The van der Waals surface area contributed by atoms with E-state index >= 15 is 0 Å². The third-order valence-corrected chi connectivity index (χ3v) is 6.62. The van der Waals surface area contributed by atoms with Crippen LogP contribution in [-0.2, 0) is 16.6 Å². The fraction of sp³-hybridized carbons (Fsp3) is 0.323. The minimum absolute atomic E-state index is 0.164. The molecule has 232 valence electrons. The Morgan fingerprint density at radius 2 is 1.77 bits per heavy atom. The lowest BCUT2D eigenvalue weighted by molar-refractivity contribution is -0.114. The van der Waals surface area contributed by atoms with Crippen LogP contribution < -0.4 is 25.6 Å². The zero-order valence-corrected chi connectivity index (χ0v) is 26.1. The zero-order chi connectivity index (χ0) is 31.8. The van der Waals surface area contributed by atoms with Gasteiger partial charge in [0.25, 0.3) is 0 Å². The first kappa shape index (κ1) is 31.8. The fourth-order valence-corrected chi connectivity index (χ4v) is 4.43. The van der Waals surface area contributed by atoms with Crippen molar-refractivity contribution < 1.29 is 19.1 Å². The van der Waals surface area contributed by atoms with Crippen molar-refractivity contribution in [1.29, 1.82) is 0 Å². The van der Waals surface area contributed by atoms with Gasteiger partial charge in [-0.05, 0) is 39.2 Å². The molecule has 2 heterocycles. The van der Waals surface area contributed by atoms with Crippen molar-refractivity contribution >= 4 is 46.4 Å². The number of methoxy groups -OCH3 is 1. The lowest BCUT2D eigenvalue weighted by Crippen LogP contribution is -2.29. The summed E-state index contributed by atoms with van der Waals surface area (Å²) in [7, 11) is 9.37. The number of hydrogen-bond acceptors (Lipinski definition) is 11. The first-order valence-electron chi connectivity index (χ1n) is 14.1. The molecule has 1 amide bonds. The summed E-state index contributed by atoms with van der Waals surface area (Å²) in [4.78, 5) is 38.2. The summed E-state index contributed by atoms with van der Waals surface area (Å²) < 4.78 is 12.7. The van der Waals surface area contributed by atoms with Crippen LogP contribution >= 0.6 is 0 Å². The maximum absolute atomic E-state index is 12.9. The molecule has 0 aliphatic rings. The van der Waals surface area contributed by atoms with E-state index in [2.05, 4.69) is 35.9 Å². The van der Waals surface area contributed by atoms with E-state index in [4.69, 9.17) is 9.47 Å². The Morgan fingerprint density at radius 3 is 2.43 bits per heavy atom. The number of carbonyl (C=O) groups excluding carboxylic acids is 2. The van der Waals surface area contributed by atoms with Gasteiger partial charge in [-0.15, -0.1) is 0 Å². The molecule has 44 heavy (non-hydrogen) atoms. The number of benzene rings is 2. The number of anilines is 6. The largest absolute Gasteiger partial charge is 0.494 e. The fourth-order valence-electron chi connectivity index (χ4n) is 4.43. The highest BCUT2D eigenvalue weighted by molar-refractivity contribution is 5.97. The Kier molecular flexibility index (Phi) is 10.3. The average Bonchev–Trinajstić information content (AvgIpc) is 3.42. The molecule has 0 aliphatic carbocycles. The summed E-state index contributed by atoms with van der Waals surface area (Å²) in [6, 6.07) is 13.1. The van der Waals surface area contributed by atoms with Crippen LogP contribution in [0, 0.1) is 0 Å². The van der Waals surface area contributed by atoms with Crippen molar-refractivity contribution in [3.8, 4) is 17.0 Å². The molecule has 13 nitrogen and oxygen atoms in total. The number of amides is 1. The molecule has 0 aliphatic heterocycles. The minimum Gasteiger partial charge on any atom is -0.494 e. The molecule has 0 atom stereocenters. The molecule has 3 N–H and O–H groups in total. The van der Waals surface area contributed by atoms with Crippen LogP contribution in [0.5, 0.6) is 5.75 Å². The van der Waals surface area contributed by atoms with E-state index in [1.165, 1.54) is 13.1 Å². The molecule has 2 aromatic carbocycles. The number of aromatic nitrogens is 4. The number of nitrogens with one attached hydrogen (secondary N) is 3. The van der Waals surface area contributed by atoms with E-state index in [-0.39, 0.29) is 29.8 Å². The maximum Gasteiger partial charge on any atom is 0.343 e. The molecular formula is C31H39N9O4. The lowest BCUT2D eigenvalue weighted by Gasteiger charge is -2.26. The van der Waals surface area contributed by atoms with Gasteiger partial charge in [0, 0.05) is 63.8 Å². The molecule has 4 aromatic rings. The normalized spacial score (nSPS) is 10.8. The van der Waals surface area contributed by atoms with Crippen LogP contribution in [0.4, 0.5) is 34.5 Å². The van der Waals surface area contributed by atoms with Gasteiger partial charge in [0.2, 0.25) is 11.9 Å². The van der Waals surface area contributed by atoms with Crippen LogP contribution in [-0.4, -0.2) is 84.5 Å². The van der Waals surface area contributed by atoms with Gasteiger partial charge in [0.05, 0.1) is 36.5 Å². The van der Waals surface area contributed by atoms with Crippen molar-refractivity contribution in [2.75, 3.05) is 68.8 Å². The van der Waals surface area contributed by atoms with Crippen LogP contribution in [0.25, 0.3) is 11.3 Å². The number of aryl methyl sites for hydroxylation is 1. The average molecular weight is 602 g/mol. The Labute approximate surface area is 257 Å². The third-order valence-electron chi connectivity index (χ3n) is 6.62. The van der Waals surface area contributed by atoms with Gasteiger partial charge in [-0.2, -0.15) is 10.1 Å². The second kappa shape index (κ2) is 14.3. The van der Waals surface area contributed by atoms with Gasteiger partial charge < -0.3 is 35.2 Å². The smallest absolute Gasteiger partial charge is 0.343 e. The Morgan fingerprint density at radius 1 is 1.00 bits per heavy atom. The number of rotatable bonds is 13. The van der Waals surface area contributed by atoms with Gasteiger partial charge >= 0.3 is 5.97 Å². The highest BCUT2D eigenvalue weighted by Gasteiger charge is 2.20. The van der Waals surface area contributed by atoms with Gasteiger partial charge in [0.15, 0.2) is 5.82 Å². The molecule has 0 saturated carbocycles. The van der Waals surface area contributed by atoms with E-state index < -0.39 is 5.97 Å². The summed E-state index contributed by atoms with van der Waals surface area (Å²) in [6.07, 6.45) is 3.26.